The molecule has 6 heterocycles. The summed E-state index contributed by atoms with van der Waals surface area (Å²) < 4.78 is 44.5. The van der Waals surface area contributed by atoms with Gasteiger partial charge >= 0.3 is 0 Å². The average molecular weight is 770 g/mol. The van der Waals surface area contributed by atoms with Crippen LogP contribution in [0.1, 0.15) is 38.5 Å². The van der Waals surface area contributed by atoms with E-state index in [2.05, 4.69) is 57.4 Å². The zero-order valence-electron chi connectivity index (χ0n) is 30.2. The first-order valence-electron chi connectivity index (χ1n) is 18.1. The highest BCUT2D eigenvalue weighted by molar-refractivity contribution is 5.86. The third kappa shape index (κ3) is 14.0. The second-order valence-electron chi connectivity index (χ2n) is 12.2. The number of nitrogens with one attached hydrogen (secondary N) is 5. The fourth-order valence-corrected chi connectivity index (χ4v) is 5.70. The molecule has 23 heteroatoms. The summed E-state index contributed by atoms with van der Waals surface area (Å²) in [5.41, 5.74) is 15.0. The summed E-state index contributed by atoms with van der Waals surface area (Å²) in [4.78, 5) is 51.8. The number of hydroxylamine groups is 5. The second-order valence-corrected chi connectivity index (χ2v) is 12.2. The summed E-state index contributed by atoms with van der Waals surface area (Å²) in [5, 5.41) is 0. The van der Waals surface area contributed by atoms with Gasteiger partial charge in [0.05, 0.1) is 59.5 Å². The predicted molar refractivity (Wildman–Crippen MR) is 189 cm³/mol. The Kier molecular flexibility index (Phi) is 17.5. The molecule has 0 fully saturated rings. The summed E-state index contributed by atoms with van der Waals surface area (Å²) in [6.45, 7) is 4.25. The third-order valence-electron chi connectivity index (χ3n) is 8.48. The maximum absolute atomic E-state index is 6.73. The first-order chi connectivity index (χ1) is 26.8. The van der Waals surface area contributed by atoms with Crippen molar-refractivity contribution in [2.45, 2.75) is 62.9 Å². The summed E-state index contributed by atoms with van der Waals surface area (Å²) >= 11 is 0. The highest BCUT2D eigenvalue weighted by Gasteiger charge is 2.39. The molecule has 54 heavy (non-hydrogen) atoms. The van der Waals surface area contributed by atoms with Gasteiger partial charge in [-0.1, -0.05) is 0 Å². The molecular formula is C31H51N11O12. The molecule has 4 unspecified atom stereocenters. The average Bonchev–Trinajstić information content (AvgIpc) is 4.04. The van der Waals surface area contributed by atoms with Gasteiger partial charge in [-0.25, -0.2) is 25.0 Å². The van der Waals surface area contributed by atoms with Crippen molar-refractivity contribution in [1.29, 1.82) is 0 Å². The molecule has 4 atom stereocenters. The van der Waals surface area contributed by atoms with Crippen molar-refractivity contribution in [3.63, 3.8) is 0 Å². The van der Waals surface area contributed by atoms with Crippen LogP contribution in [0.25, 0.3) is 0 Å². The maximum atomic E-state index is 6.73. The Morgan fingerprint density at radius 2 is 0.796 bits per heavy atom. The Labute approximate surface area is 312 Å². The van der Waals surface area contributed by atoms with Crippen molar-refractivity contribution in [2.24, 2.45) is 30.0 Å². The summed E-state index contributed by atoms with van der Waals surface area (Å²) in [6, 6.07) is 0. The first-order valence-corrected chi connectivity index (χ1v) is 18.1. The van der Waals surface area contributed by atoms with Crippen molar-refractivity contribution >= 4 is 34.9 Å². The lowest BCUT2D eigenvalue weighted by molar-refractivity contribution is -0.194. The van der Waals surface area contributed by atoms with Gasteiger partial charge in [-0.3, -0.25) is 56.6 Å². The molecule has 0 radical (unpaired) electrons. The topological polar surface area (TPSA) is 245 Å². The smallest absolute Gasteiger partial charge is 0.166 e. The molecule has 23 nitrogen and oxygen atoms in total. The first kappa shape index (κ1) is 40.2. The number of aliphatic imine (C=N–C) groups is 6. The molecule has 6 rings (SSSR count). The Morgan fingerprint density at radius 1 is 0.426 bits per heavy atom. The van der Waals surface area contributed by atoms with Gasteiger partial charge in [0.2, 0.25) is 0 Å². The van der Waals surface area contributed by atoms with Crippen molar-refractivity contribution < 1.29 is 57.3 Å². The lowest BCUT2D eigenvalue weighted by Crippen LogP contribution is -2.53. The monoisotopic (exact) mass is 769 g/mol. The van der Waals surface area contributed by atoms with E-state index in [1.54, 1.807) is 0 Å². The Bertz CT molecular complexity index is 1240. The van der Waals surface area contributed by atoms with E-state index in [1.807, 2.05) is 0 Å². The largest absolute Gasteiger partial charge is 0.378 e. The van der Waals surface area contributed by atoms with Gasteiger partial charge in [0.15, 0.2) is 33.7 Å². The van der Waals surface area contributed by atoms with E-state index in [-0.39, 0.29) is 66.7 Å². The zero-order valence-corrected chi connectivity index (χ0v) is 30.2. The van der Waals surface area contributed by atoms with Crippen LogP contribution in [-0.2, 0) is 57.3 Å². The molecule has 0 saturated carbocycles. The van der Waals surface area contributed by atoms with E-state index in [0.29, 0.717) is 101 Å². The molecule has 0 aromatic carbocycles. The standard InChI is InChI=1S/C31H51N11O12/c1(22-13-45-16-32-22)9-46-23(14-43-7-2-25-33-17-50-38-25)30(48-11-5-28-36-20-53-41-28)31(49-12-6-29-37-21-54-42-29)24(47-10-4-27-35-19-52-40-27)15-44-8-3-26-34-18-51-39-26/h23-24,30-31H,1-21H2,(H,33,38)(H,34,39)(H,35,40)(H,36,41)(H,37,42). The maximum Gasteiger partial charge on any atom is 0.166 e. The number of amidine groups is 5. The molecule has 6 aliphatic rings. The van der Waals surface area contributed by atoms with E-state index in [4.69, 9.17) is 57.3 Å². The van der Waals surface area contributed by atoms with Crippen LogP contribution in [0.15, 0.2) is 30.0 Å². The molecule has 0 aliphatic carbocycles. The second kappa shape index (κ2) is 23.5. The normalized spacial score (nSPS) is 21.5. The number of hydrogen-bond acceptors (Lipinski definition) is 23. The lowest BCUT2D eigenvalue weighted by Gasteiger charge is -2.37. The van der Waals surface area contributed by atoms with E-state index in [0.717, 1.165) is 5.71 Å². The van der Waals surface area contributed by atoms with Gasteiger partial charge in [0.1, 0.15) is 60.3 Å². The fraction of sp³-hybridized carbons (Fsp3) is 0.806. The fourth-order valence-electron chi connectivity index (χ4n) is 5.70. The summed E-state index contributed by atoms with van der Waals surface area (Å²) in [7, 11) is 0. The van der Waals surface area contributed by atoms with Crippen LogP contribution in [0.4, 0.5) is 0 Å². The number of rotatable bonds is 29. The molecule has 0 aromatic rings. The molecular weight excluding hydrogens is 718 g/mol. The summed E-state index contributed by atoms with van der Waals surface area (Å²) in [6.07, 6.45) is 0.321. The molecule has 0 bridgehead atoms. The van der Waals surface area contributed by atoms with Crippen molar-refractivity contribution in [3.8, 4) is 0 Å². The van der Waals surface area contributed by atoms with Gasteiger partial charge in [-0.15, -0.1) is 0 Å². The van der Waals surface area contributed by atoms with Crippen molar-refractivity contribution in [1.82, 2.24) is 27.4 Å². The SMILES string of the molecule is C(CC1=NCON1)OCC(OCCC1=NCOC1)C(OCCC1=NCON1)C(OCCC1=NCON1)C(COCCC1=NCON1)OCCC1=NCON1. The minimum atomic E-state index is -0.724. The third-order valence-corrected chi connectivity index (χ3v) is 8.48. The quantitative estimate of drug-likeness (QED) is 0.0560. The van der Waals surface area contributed by atoms with Crippen LogP contribution in [0, 0.1) is 0 Å². The van der Waals surface area contributed by atoms with Crippen LogP contribution in [0.3, 0.4) is 0 Å². The highest BCUT2D eigenvalue weighted by Crippen LogP contribution is 2.22. The Balaban J connectivity index is 1.21. The molecule has 0 saturated heterocycles. The van der Waals surface area contributed by atoms with E-state index >= 15 is 0 Å². The van der Waals surface area contributed by atoms with Crippen LogP contribution in [0.5, 0.6) is 0 Å². The van der Waals surface area contributed by atoms with Gasteiger partial charge in [-0.05, 0) is 0 Å². The highest BCUT2D eigenvalue weighted by atomic mass is 16.7. The van der Waals surface area contributed by atoms with Crippen LogP contribution in [-0.4, -0.2) is 159 Å². The Morgan fingerprint density at radius 3 is 1.15 bits per heavy atom. The van der Waals surface area contributed by atoms with Crippen molar-refractivity contribution in [3.05, 3.63) is 0 Å². The van der Waals surface area contributed by atoms with Gasteiger partial charge < -0.3 is 33.2 Å². The molecule has 5 N–H and O–H groups in total. The van der Waals surface area contributed by atoms with E-state index in [1.165, 1.54) is 0 Å². The van der Waals surface area contributed by atoms with Gasteiger partial charge in [0.25, 0.3) is 0 Å². The van der Waals surface area contributed by atoms with Gasteiger partial charge in [0, 0.05) is 44.2 Å². The minimum absolute atomic E-state index is 0.159. The minimum Gasteiger partial charge on any atom is -0.378 e. The molecule has 0 aromatic heterocycles. The van der Waals surface area contributed by atoms with Crippen LogP contribution < -0.4 is 27.4 Å². The van der Waals surface area contributed by atoms with Crippen molar-refractivity contribution in [2.75, 3.05) is 99.8 Å². The molecule has 302 valence electrons. The summed E-state index contributed by atoms with van der Waals surface area (Å²) in [5.74, 6) is 3.45. The van der Waals surface area contributed by atoms with E-state index < -0.39 is 24.4 Å². The molecule has 0 amide bonds. The predicted octanol–water partition coefficient (Wildman–Crippen LogP) is -1.22. The van der Waals surface area contributed by atoms with Crippen LogP contribution >= 0.6 is 0 Å². The Hall–Kier alpha value is -3.46. The van der Waals surface area contributed by atoms with Gasteiger partial charge in [-0.2, -0.15) is 0 Å². The van der Waals surface area contributed by atoms with Crippen LogP contribution in [0.2, 0.25) is 0 Å². The number of nitrogens with zero attached hydrogens (tertiary/aromatic N) is 6. The molecule has 0 spiro atoms. The number of hydrogen-bond donors (Lipinski definition) is 5. The zero-order chi connectivity index (χ0) is 36.9. The molecule has 6 aliphatic heterocycles. The number of ether oxygens (including phenoxy) is 7. The van der Waals surface area contributed by atoms with E-state index in [9.17, 15) is 0 Å². The lowest BCUT2D eigenvalue weighted by atomic mass is 10.0.